The number of esters is 1. The molecule has 0 amide bonds. The molecule has 0 saturated heterocycles. The van der Waals surface area contributed by atoms with Crippen molar-refractivity contribution in [3.05, 3.63) is 0 Å². The predicted molar refractivity (Wildman–Crippen MR) is 54.6 cm³/mol. The van der Waals surface area contributed by atoms with E-state index < -0.39 is 11.1 Å². The van der Waals surface area contributed by atoms with Crippen LogP contribution in [0.25, 0.3) is 0 Å². The highest BCUT2D eigenvalue weighted by molar-refractivity contribution is 5.81. The van der Waals surface area contributed by atoms with Gasteiger partial charge in [0, 0.05) is 6.04 Å². The van der Waals surface area contributed by atoms with Gasteiger partial charge in [0.2, 0.25) is 0 Å². The number of hydrogen-bond acceptors (Lipinski definition) is 4. The lowest BCUT2D eigenvalue weighted by molar-refractivity contribution is -0.161. The molecule has 1 fully saturated rings. The highest BCUT2D eigenvalue weighted by Gasteiger charge is 2.43. The highest BCUT2D eigenvalue weighted by atomic mass is 16.6. The fourth-order valence-electron chi connectivity index (χ4n) is 1.68. The van der Waals surface area contributed by atoms with Gasteiger partial charge in [-0.15, -0.1) is 0 Å². The fraction of sp³-hybridized carbons (Fsp3) is 0.900. The number of nitrogens with two attached hydrogens (primary N) is 2. The van der Waals surface area contributed by atoms with Crippen molar-refractivity contribution in [3.63, 3.8) is 0 Å². The summed E-state index contributed by atoms with van der Waals surface area (Å²) in [5.41, 5.74) is 10.3. The molecule has 0 spiro atoms. The lowest BCUT2D eigenvalue weighted by Gasteiger charge is -2.27. The zero-order valence-electron chi connectivity index (χ0n) is 9.17. The maximum atomic E-state index is 11.7. The van der Waals surface area contributed by atoms with Gasteiger partial charge in [0.25, 0.3) is 0 Å². The van der Waals surface area contributed by atoms with Gasteiger partial charge in [-0.2, -0.15) is 0 Å². The summed E-state index contributed by atoms with van der Waals surface area (Å²) in [4.78, 5) is 11.7. The van der Waals surface area contributed by atoms with Gasteiger partial charge in [0.05, 0.1) is 0 Å². The van der Waals surface area contributed by atoms with Crippen LogP contribution in [0.1, 0.15) is 40.0 Å². The van der Waals surface area contributed by atoms with Crippen LogP contribution in [0.15, 0.2) is 0 Å². The number of ether oxygens (including phenoxy) is 1. The standard InChI is InChI=1S/C10H20N2O2/c1-9(2,3)14-8(13)10(12)5-4-7(11)6-10/h7H,4-6,11-12H2,1-3H3. The molecule has 1 aliphatic rings. The zero-order chi connectivity index (χ0) is 11.0. The summed E-state index contributed by atoms with van der Waals surface area (Å²) in [5.74, 6) is -0.321. The lowest BCUT2D eigenvalue weighted by atomic mass is 9.99. The topological polar surface area (TPSA) is 78.3 Å². The Balaban J connectivity index is 2.61. The van der Waals surface area contributed by atoms with Crippen LogP contribution in [0.4, 0.5) is 0 Å². The van der Waals surface area contributed by atoms with Crippen LogP contribution in [0.3, 0.4) is 0 Å². The molecule has 4 N–H and O–H groups in total. The molecule has 4 heteroatoms. The fourth-order valence-corrected chi connectivity index (χ4v) is 1.68. The summed E-state index contributed by atoms with van der Waals surface area (Å²) in [6.45, 7) is 5.51. The van der Waals surface area contributed by atoms with Crippen LogP contribution in [0, 0.1) is 0 Å². The molecule has 1 saturated carbocycles. The van der Waals surface area contributed by atoms with E-state index in [-0.39, 0.29) is 12.0 Å². The van der Waals surface area contributed by atoms with Gasteiger partial charge in [-0.1, -0.05) is 0 Å². The van der Waals surface area contributed by atoms with E-state index >= 15 is 0 Å². The summed E-state index contributed by atoms with van der Waals surface area (Å²) < 4.78 is 5.25. The summed E-state index contributed by atoms with van der Waals surface area (Å²) >= 11 is 0. The minimum absolute atomic E-state index is 0.0347. The Bertz CT molecular complexity index is 235. The summed E-state index contributed by atoms with van der Waals surface area (Å²) in [7, 11) is 0. The number of carbonyl (C=O) groups excluding carboxylic acids is 1. The van der Waals surface area contributed by atoms with E-state index in [0.717, 1.165) is 6.42 Å². The third-order valence-electron chi connectivity index (χ3n) is 2.39. The van der Waals surface area contributed by atoms with Gasteiger partial charge in [-0.25, -0.2) is 0 Å². The van der Waals surface area contributed by atoms with Crippen LogP contribution >= 0.6 is 0 Å². The first-order valence-corrected chi connectivity index (χ1v) is 5.01. The molecule has 0 aromatic rings. The Morgan fingerprint density at radius 1 is 1.50 bits per heavy atom. The van der Waals surface area contributed by atoms with E-state index in [9.17, 15) is 4.79 Å². The summed E-state index contributed by atoms with van der Waals surface area (Å²) in [5, 5.41) is 0. The Kier molecular flexibility index (Phi) is 2.88. The van der Waals surface area contributed by atoms with Crippen molar-refractivity contribution in [2.45, 2.75) is 57.2 Å². The molecule has 0 radical (unpaired) electrons. The average Bonchev–Trinajstić information content (AvgIpc) is 2.29. The smallest absolute Gasteiger partial charge is 0.326 e. The van der Waals surface area contributed by atoms with Gasteiger partial charge in [0.1, 0.15) is 11.1 Å². The van der Waals surface area contributed by atoms with Crippen molar-refractivity contribution in [3.8, 4) is 0 Å². The van der Waals surface area contributed by atoms with Crippen molar-refractivity contribution in [2.75, 3.05) is 0 Å². The monoisotopic (exact) mass is 200 g/mol. The van der Waals surface area contributed by atoms with Gasteiger partial charge >= 0.3 is 5.97 Å². The minimum Gasteiger partial charge on any atom is -0.459 e. The van der Waals surface area contributed by atoms with E-state index in [4.69, 9.17) is 16.2 Å². The van der Waals surface area contributed by atoms with Crippen LogP contribution in [0.2, 0.25) is 0 Å². The van der Waals surface area contributed by atoms with Crippen molar-refractivity contribution in [1.82, 2.24) is 0 Å². The first-order valence-electron chi connectivity index (χ1n) is 5.01. The molecule has 0 bridgehead atoms. The van der Waals surface area contributed by atoms with Crippen molar-refractivity contribution in [1.29, 1.82) is 0 Å². The van der Waals surface area contributed by atoms with Gasteiger partial charge < -0.3 is 16.2 Å². The van der Waals surface area contributed by atoms with E-state index in [2.05, 4.69) is 0 Å². The molecule has 1 rings (SSSR count). The SMILES string of the molecule is CC(C)(C)OC(=O)C1(N)CCC(N)C1. The second-order valence-corrected chi connectivity index (χ2v) is 5.16. The molecule has 1 aliphatic carbocycles. The number of rotatable bonds is 1. The Morgan fingerprint density at radius 2 is 2.07 bits per heavy atom. The maximum absolute atomic E-state index is 11.7. The molecule has 0 aromatic heterocycles. The molecule has 0 aliphatic heterocycles. The number of hydrogen-bond donors (Lipinski definition) is 2. The van der Waals surface area contributed by atoms with Crippen LogP contribution in [-0.2, 0) is 9.53 Å². The predicted octanol–water partition coefficient (Wildman–Crippen LogP) is 0.537. The van der Waals surface area contributed by atoms with Crippen LogP contribution in [0.5, 0.6) is 0 Å². The Hall–Kier alpha value is -0.610. The molecule has 0 aromatic carbocycles. The van der Waals surface area contributed by atoms with Crippen molar-refractivity contribution in [2.24, 2.45) is 11.5 Å². The van der Waals surface area contributed by atoms with Crippen molar-refractivity contribution >= 4 is 5.97 Å². The third kappa shape index (κ3) is 2.69. The quantitative estimate of drug-likeness (QED) is 0.605. The van der Waals surface area contributed by atoms with Crippen LogP contribution in [-0.4, -0.2) is 23.2 Å². The number of carbonyl (C=O) groups is 1. The largest absolute Gasteiger partial charge is 0.459 e. The maximum Gasteiger partial charge on any atom is 0.326 e. The third-order valence-corrected chi connectivity index (χ3v) is 2.39. The average molecular weight is 200 g/mol. The molecular formula is C10H20N2O2. The van der Waals surface area contributed by atoms with E-state index in [1.165, 1.54) is 0 Å². The van der Waals surface area contributed by atoms with Crippen LogP contribution < -0.4 is 11.5 Å². The Morgan fingerprint density at radius 3 is 2.43 bits per heavy atom. The van der Waals surface area contributed by atoms with E-state index in [0.29, 0.717) is 12.8 Å². The lowest BCUT2D eigenvalue weighted by Crippen LogP contribution is -2.49. The highest BCUT2D eigenvalue weighted by Crippen LogP contribution is 2.29. The second kappa shape index (κ2) is 3.51. The second-order valence-electron chi connectivity index (χ2n) is 5.16. The first-order chi connectivity index (χ1) is 6.23. The molecule has 4 nitrogen and oxygen atoms in total. The van der Waals surface area contributed by atoms with Gasteiger partial charge in [-0.3, -0.25) is 4.79 Å². The van der Waals surface area contributed by atoms with E-state index in [1.807, 2.05) is 20.8 Å². The Labute approximate surface area is 85.0 Å². The molecule has 14 heavy (non-hydrogen) atoms. The zero-order valence-corrected chi connectivity index (χ0v) is 9.17. The molecule has 2 unspecified atom stereocenters. The summed E-state index contributed by atoms with van der Waals surface area (Å²) in [6, 6.07) is 0.0347. The van der Waals surface area contributed by atoms with Crippen molar-refractivity contribution < 1.29 is 9.53 Å². The molecule has 82 valence electrons. The normalized spacial score (nSPS) is 33.1. The molecular weight excluding hydrogens is 180 g/mol. The van der Waals surface area contributed by atoms with Gasteiger partial charge in [-0.05, 0) is 40.0 Å². The summed E-state index contributed by atoms with van der Waals surface area (Å²) in [6.07, 6.45) is 1.96. The minimum atomic E-state index is -0.854. The first kappa shape index (κ1) is 11.5. The van der Waals surface area contributed by atoms with E-state index in [1.54, 1.807) is 0 Å². The van der Waals surface area contributed by atoms with Gasteiger partial charge in [0.15, 0.2) is 0 Å². The molecule has 0 heterocycles. The molecule has 2 atom stereocenters.